The number of rotatable bonds is 3. The molecule has 9 heteroatoms. The number of nitrogens with zero attached hydrogens (tertiary/aromatic N) is 1. The zero-order valence-corrected chi connectivity index (χ0v) is 11.5. The lowest BCUT2D eigenvalue weighted by atomic mass is 9.99. The predicted molar refractivity (Wildman–Crippen MR) is 65.4 cm³/mol. The Balaban J connectivity index is 2.26. The molecule has 0 aromatic heterocycles. The van der Waals surface area contributed by atoms with E-state index in [0.29, 0.717) is 12.1 Å². The summed E-state index contributed by atoms with van der Waals surface area (Å²) in [5.74, 6) is -6.56. The van der Waals surface area contributed by atoms with Gasteiger partial charge in [-0.3, -0.25) is 4.79 Å². The lowest BCUT2D eigenvalue weighted by Crippen LogP contribution is -2.40. The van der Waals surface area contributed by atoms with Crippen LogP contribution in [0.25, 0.3) is 0 Å². The smallest absolute Gasteiger partial charge is 0.306 e. The Morgan fingerprint density at radius 1 is 1.14 bits per heavy atom. The average molecular weight is 323 g/mol. The second-order valence-electron chi connectivity index (χ2n) is 4.72. The molecule has 0 saturated carbocycles. The maximum absolute atomic E-state index is 13.1. The molecule has 5 nitrogen and oxygen atoms in total. The molecule has 0 amide bonds. The predicted octanol–water partition coefficient (Wildman–Crippen LogP) is 1.59. The van der Waals surface area contributed by atoms with Crippen LogP contribution in [0.5, 0.6) is 0 Å². The minimum absolute atomic E-state index is 0.0695. The molecule has 1 N–H and O–H groups in total. The topological polar surface area (TPSA) is 74.7 Å². The van der Waals surface area contributed by atoms with Crippen LogP contribution >= 0.6 is 0 Å². The molecule has 116 valence electrons. The fourth-order valence-corrected chi connectivity index (χ4v) is 3.67. The highest BCUT2D eigenvalue weighted by Crippen LogP contribution is 2.25. The lowest BCUT2D eigenvalue weighted by Gasteiger charge is -2.29. The summed E-state index contributed by atoms with van der Waals surface area (Å²) in [6.45, 7) is -0.139. The molecule has 0 spiro atoms. The third kappa shape index (κ3) is 3.03. The summed E-state index contributed by atoms with van der Waals surface area (Å²) in [7, 11) is -4.18. The molecule has 1 heterocycles. The van der Waals surface area contributed by atoms with Crippen LogP contribution in [0.2, 0.25) is 0 Å². The third-order valence-corrected chi connectivity index (χ3v) is 5.27. The Morgan fingerprint density at radius 2 is 1.62 bits per heavy atom. The molecule has 2 rings (SSSR count). The van der Waals surface area contributed by atoms with Gasteiger partial charge in [-0.1, -0.05) is 0 Å². The quantitative estimate of drug-likeness (QED) is 0.857. The van der Waals surface area contributed by atoms with Crippen LogP contribution in [0.4, 0.5) is 13.2 Å². The van der Waals surface area contributed by atoms with E-state index in [0.717, 1.165) is 4.31 Å². The number of hydrogen-bond acceptors (Lipinski definition) is 3. The summed E-state index contributed by atoms with van der Waals surface area (Å²) >= 11 is 0. The lowest BCUT2D eigenvalue weighted by molar-refractivity contribution is -0.142. The Bertz CT molecular complexity index is 646. The van der Waals surface area contributed by atoms with Gasteiger partial charge in [0.25, 0.3) is 0 Å². The summed E-state index contributed by atoms with van der Waals surface area (Å²) in [6.07, 6.45) is 0.224. The number of carboxylic acids is 1. The summed E-state index contributed by atoms with van der Waals surface area (Å²) in [6, 6.07) is 0.827. The van der Waals surface area contributed by atoms with Crippen molar-refractivity contribution < 1.29 is 31.5 Å². The van der Waals surface area contributed by atoms with Gasteiger partial charge in [-0.25, -0.2) is 21.6 Å². The van der Waals surface area contributed by atoms with E-state index in [1.807, 2.05) is 0 Å². The van der Waals surface area contributed by atoms with Crippen LogP contribution in [0.3, 0.4) is 0 Å². The molecule has 0 atom stereocenters. The van der Waals surface area contributed by atoms with Crippen LogP contribution < -0.4 is 0 Å². The highest BCUT2D eigenvalue weighted by atomic mass is 32.2. The molecule has 1 aliphatic rings. The van der Waals surface area contributed by atoms with Crippen molar-refractivity contribution >= 4 is 16.0 Å². The second kappa shape index (κ2) is 5.64. The van der Waals surface area contributed by atoms with E-state index in [2.05, 4.69) is 0 Å². The average Bonchev–Trinajstić information content (AvgIpc) is 2.44. The Kier molecular flexibility index (Phi) is 4.24. The van der Waals surface area contributed by atoms with Gasteiger partial charge in [0.1, 0.15) is 0 Å². The van der Waals surface area contributed by atoms with Gasteiger partial charge in [0.05, 0.1) is 10.8 Å². The molecule has 0 radical (unpaired) electrons. The van der Waals surface area contributed by atoms with Gasteiger partial charge in [0.2, 0.25) is 10.0 Å². The first-order chi connectivity index (χ1) is 9.73. The standard InChI is InChI=1S/C12H12F3NO4S/c13-9-5-8(6-10(14)11(9)15)21(19,20)16-3-1-7(2-4-16)12(17)18/h5-7H,1-4H2,(H,17,18). The molecule has 1 saturated heterocycles. The zero-order valence-electron chi connectivity index (χ0n) is 10.7. The monoisotopic (exact) mass is 323 g/mol. The van der Waals surface area contributed by atoms with Crippen molar-refractivity contribution in [2.45, 2.75) is 17.7 Å². The van der Waals surface area contributed by atoms with Crippen molar-refractivity contribution in [2.75, 3.05) is 13.1 Å². The van der Waals surface area contributed by atoms with E-state index < -0.39 is 44.3 Å². The normalized spacial score (nSPS) is 17.9. The molecular formula is C12H12F3NO4S. The summed E-state index contributed by atoms with van der Waals surface area (Å²) in [5, 5.41) is 8.84. The van der Waals surface area contributed by atoms with Crippen molar-refractivity contribution in [3.63, 3.8) is 0 Å². The van der Waals surface area contributed by atoms with Crippen molar-refractivity contribution in [1.82, 2.24) is 4.31 Å². The van der Waals surface area contributed by atoms with Crippen LogP contribution in [0.1, 0.15) is 12.8 Å². The van der Waals surface area contributed by atoms with E-state index in [1.165, 1.54) is 0 Å². The van der Waals surface area contributed by atoms with Gasteiger partial charge >= 0.3 is 5.97 Å². The molecule has 0 unspecified atom stereocenters. The minimum atomic E-state index is -4.18. The zero-order chi connectivity index (χ0) is 15.8. The first-order valence-electron chi connectivity index (χ1n) is 6.11. The molecule has 21 heavy (non-hydrogen) atoms. The van der Waals surface area contributed by atoms with Crippen molar-refractivity contribution in [1.29, 1.82) is 0 Å². The van der Waals surface area contributed by atoms with E-state index in [-0.39, 0.29) is 25.9 Å². The molecule has 1 fully saturated rings. The van der Waals surface area contributed by atoms with Gasteiger partial charge < -0.3 is 5.11 Å². The maximum Gasteiger partial charge on any atom is 0.306 e. The Hall–Kier alpha value is -1.61. The molecule has 0 aliphatic carbocycles. The summed E-state index contributed by atoms with van der Waals surface area (Å²) < 4.78 is 64.5. The van der Waals surface area contributed by atoms with E-state index >= 15 is 0 Å². The summed E-state index contributed by atoms with van der Waals surface area (Å²) in [4.78, 5) is 10.1. The SMILES string of the molecule is O=C(O)C1CCN(S(=O)(=O)c2cc(F)c(F)c(F)c2)CC1. The number of sulfonamides is 1. The minimum Gasteiger partial charge on any atom is -0.481 e. The molecule has 1 aliphatic heterocycles. The Morgan fingerprint density at radius 3 is 2.05 bits per heavy atom. The van der Waals surface area contributed by atoms with Gasteiger partial charge in [0, 0.05) is 13.1 Å². The largest absolute Gasteiger partial charge is 0.481 e. The number of hydrogen-bond donors (Lipinski definition) is 1. The first kappa shape index (κ1) is 15.8. The fourth-order valence-electron chi connectivity index (χ4n) is 2.17. The van der Waals surface area contributed by atoms with Crippen molar-refractivity contribution in [2.24, 2.45) is 5.92 Å². The van der Waals surface area contributed by atoms with E-state index in [9.17, 15) is 26.4 Å². The van der Waals surface area contributed by atoms with Gasteiger partial charge in [-0.05, 0) is 25.0 Å². The molecule has 1 aromatic rings. The van der Waals surface area contributed by atoms with Crippen LogP contribution in [0.15, 0.2) is 17.0 Å². The first-order valence-corrected chi connectivity index (χ1v) is 7.55. The van der Waals surface area contributed by atoms with E-state index in [1.54, 1.807) is 0 Å². The van der Waals surface area contributed by atoms with Crippen LogP contribution in [-0.2, 0) is 14.8 Å². The van der Waals surface area contributed by atoms with Gasteiger partial charge in [-0.2, -0.15) is 4.31 Å². The number of benzene rings is 1. The van der Waals surface area contributed by atoms with E-state index in [4.69, 9.17) is 5.11 Å². The number of carboxylic acid groups (broad SMARTS) is 1. The summed E-state index contributed by atoms with van der Waals surface area (Å²) in [5.41, 5.74) is 0. The number of carbonyl (C=O) groups is 1. The molecule has 1 aromatic carbocycles. The van der Waals surface area contributed by atoms with Gasteiger partial charge in [-0.15, -0.1) is 0 Å². The fraction of sp³-hybridized carbons (Fsp3) is 0.417. The third-order valence-electron chi connectivity index (χ3n) is 3.40. The van der Waals surface area contributed by atoms with Gasteiger partial charge in [0.15, 0.2) is 17.5 Å². The highest BCUT2D eigenvalue weighted by molar-refractivity contribution is 7.89. The van der Waals surface area contributed by atoms with Crippen molar-refractivity contribution in [3.8, 4) is 0 Å². The Labute approximate surface area is 119 Å². The highest BCUT2D eigenvalue weighted by Gasteiger charge is 2.33. The number of piperidine rings is 1. The second-order valence-corrected chi connectivity index (χ2v) is 6.66. The van der Waals surface area contributed by atoms with Crippen molar-refractivity contribution in [3.05, 3.63) is 29.6 Å². The van der Waals surface area contributed by atoms with Crippen LogP contribution in [-0.4, -0.2) is 36.9 Å². The number of halogens is 3. The number of aliphatic carboxylic acids is 1. The maximum atomic E-state index is 13.1. The molecular weight excluding hydrogens is 311 g/mol. The molecule has 0 bridgehead atoms. The van der Waals surface area contributed by atoms with Crippen LogP contribution in [0, 0.1) is 23.4 Å².